The molecule has 0 aliphatic heterocycles. The minimum absolute atomic E-state index is 0.104. The SMILES string of the molecule is CC(C)NCC(OC(C)C)c1cccc(F)c1. The van der Waals surface area contributed by atoms with Gasteiger partial charge in [0.25, 0.3) is 0 Å². The summed E-state index contributed by atoms with van der Waals surface area (Å²) in [5.74, 6) is -0.218. The molecule has 0 amide bonds. The summed E-state index contributed by atoms with van der Waals surface area (Å²) in [6, 6.07) is 7.00. The van der Waals surface area contributed by atoms with Crippen LogP contribution in [0.3, 0.4) is 0 Å². The van der Waals surface area contributed by atoms with E-state index in [-0.39, 0.29) is 18.0 Å². The van der Waals surface area contributed by atoms with Gasteiger partial charge in [-0.1, -0.05) is 26.0 Å². The Morgan fingerprint density at radius 1 is 1.24 bits per heavy atom. The predicted molar refractivity (Wildman–Crippen MR) is 68.5 cm³/mol. The van der Waals surface area contributed by atoms with Crippen LogP contribution in [0.5, 0.6) is 0 Å². The number of rotatable bonds is 6. The maximum atomic E-state index is 13.2. The van der Waals surface area contributed by atoms with Crippen LogP contribution in [0.1, 0.15) is 39.4 Å². The van der Waals surface area contributed by atoms with Gasteiger partial charge in [-0.3, -0.25) is 0 Å². The minimum atomic E-state index is -0.218. The van der Waals surface area contributed by atoms with Crippen molar-refractivity contribution >= 4 is 0 Å². The predicted octanol–water partition coefficient (Wildman–Crippen LogP) is 3.29. The smallest absolute Gasteiger partial charge is 0.123 e. The molecule has 0 aliphatic carbocycles. The summed E-state index contributed by atoms with van der Waals surface area (Å²) in [5, 5.41) is 3.32. The van der Waals surface area contributed by atoms with E-state index in [1.807, 2.05) is 19.9 Å². The first kappa shape index (κ1) is 14.1. The molecule has 0 heterocycles. The first-order valence-electron chi connectivity index (χ1n) is 6.13. The standard InChI is InChI=1S/C14H22FNO/c1-10(2)16-9-14(17-11(3)4)12-6-5-7-13(15)8-12/h5-8,10-11,14,16H,9H2,1-4H3. The van der Waals surface area contributed by atoms with E-state index in [0.29, 0.717) is 12.6 Å². The molecule has 17 heavy (non-hydrogen) atoms. The van der Waals surface area contributed by atoms with Crippen molar-refractivity contribution in [1.29, 1.82) is 0 Å². The Morgan fingerprint density at radius 3 is 2.47 bits per heavy atom. The summed E-state index contributed by atoms with van der Waals surface area (Å²) >= 11 is 0. The fourth-order valence-corrected chi connectivity index (χ4v) is 1.62. The first-order chi connectivity index (χ1) is 7.99. The summed E-state index contributed by atoms with van der Waals surface area (Å²) in [4.78, 5) is 0. The molecule has 1 aromatic rings. The Balaban J connectivity index is 2.74. The average molecular weight is 239 g/mol. The third kappa shape index (κ3) is 5.29. The Bertz CT molecular complexity index is 339. The van der Waals surface area contributed by atoms with Gasteiger partial charge in [0.2, 0.25) is 0 Å². The molecule has 0 spiro atoms. The topological polar surface area (TPSA) is 21.3 Å². The number of nitrogens with one attached hydrogen (secondary N) is 1. The number of ether oxygens (including phenoxy) is 1. The van der Waals surface area contributed by atoms with Crippen molar-refractivity contribution in [2.75, 3.05) is 6.54 Å². The molecule has 2 nitrogen and oxygen atoms in total. The zero-order chi connectivity index (χ0) is 12.8. The third-order valence-electron chi connectivity index (χ3n) is 2.37. The third-order valence-corrected chi connectivity index (χ3v) is 2.37. The first-order valence-corrected chi connectivity index (χ1v) is 6.13. The second kappa shape index (κ2) is 6.72. The van der Waals surface area contributed by atoms with Gasteiger partial charge in [-0.05, 0) is 31.5 Å². The highest BCUT2D eigenvalue weighted by molar-refractivity contribution is 5.19. The highest BCUT2D eigenvalue weighted by atomic mass is 19.1. The van der Waals surface area contributed by atoms with Crippen molar-refractivity contribution < 1.29 is 9.13 Å². The van der Waals surface area contributed by atoms with Crippen LogP contribution in [-0.4, -0.2) is 18.7 Å². The zero-order valence-electron chi connectivity index (χ0n) is 11.0. The van der Waals surface area contributed by atoms with Gasteiger partial charge in [0.05, 0.1) is 12.2 Å². The van der Waals surface area contributed by atoms with Crippen molar-refractivity contribution in [3.8, 4) is 0 Å². The molecule has 0 aromatic heterocycles. The Hall–Kier alpha value is -0.930. The van der Waals surface area contributed by atoms with E-state index in [1.165, 1.54) is 12.1 Å². The van der Waals surface area contributed by atoms with Crippen molar-refractivity contribution in [3.63, 3.8) is 0 Å². The van der Waals surface area contributed by atoms with Gasteiger partial charge in [-0.15, -0.1) is 0 Å². The summed E-state index contributed by atoms with van der Waals surface area (Å²) in [6.07, 6.45) is 0.0188. The van der Waals surface area contributed by atoms with Gasteiger partial charge in [0.1, 0.15) is 5.82 Å². The highest BCUT2D eigenvalue weighted by Crippen LogP contribution is 2.19. The van der Waals surface area contributed by atoms with Gasteiger partial charge in [-0.2, -0.15) is 0 Å². The van der Waals surface area contributed by atoms with E-state index in [1.54, 1.807) is 6.07 Å². The Kier molecular flexibility index (Phi) is 5.59. The van der Waals surface area contributed by atoms with Crippen molar-refractivity contribution in [3.05, 3.63) is 35.6 Å². The monoisotopic (exact) mass is 239 g/mol. The molecule has 0 aliphatic rings. The van der Waals surface area contributed by atoms with Crippen LogP contribution in [0.4, 0.5) is 4.39 Å². The lowest BCUT2D eigenvalue weighted by Gasteiger charge is -2.22. The molecular formula is C14H22FNO. The molecule has 1 aromatic carbocycles. The molecule has 96 valence electrons. The van der Waals surface area contributed by atoms with Gasteiger partial charge in [0.15, 0.2) is 0 Å². The van der Waals surface area contributed by atoms with E-state index in [4.69, 9.17) is 4.74 Å². The van der Waals surface area contributed by atoms with E-state index in [0.717, 1.165) is 5.56 Å². The van der Waals surface area contributed by atoms with Gasteiger partial charge in [-0.25, -0.2) is 4.39 Å². The largest absolute Gasteiger partial charge is 0.370 e. The zero-order valence-corrected chi connectivity index (χ0v) is 11.0. The number of benzene rings is 1. The molecule has 1 unspecified atom stereocenters. The molecule has 0 saturated heterocycles. The van der Waals surface area contributed by atoms with Gasteiger partial charge in [0, 0.05) is 12.6 Å². The van der Waals surface area contributed by atoms with Crippen LogP contribution in [0.25, 0.3) is 0 Å². The van der Waals surface area contributed by atoms with Gasteiger partial charge < -0.3 is 10.1 Å². The normalized spacial score (nSPS) is 13.4. The molecule has 1 atom stereocenters. The van der Waals surface area contributed by atoms with E-state index < -0.39 is 0 Å². The Labute approximate surface area is 103 Å². The van der Waals surface area contributed by atoms with Crippen molar-refractivity contribution in [1.82, 2.24) is 5.32 Å². The lowest BCUT2D eigenvalue weighted by Crippen LogP contribution is -2.30. The number of hydrogen-bond acceptors (Lipinski definition) is 2. The van der Waals surface area contributed by atoms with Crippen molar-refractivity contribution in [2.45, 2.75) is 45.9 Å². The van der Waals surface area contributed by atoms with E-state index >= 15 is 0 Å². The second-order valence-electron chi connectivity index (χ2n) is 4.79. The highest BCUT2D eigenvalue weighted by Gasteiger charge is 2.14. The molecule has 0 radical (unpaired) electrons. The van der Waals surface area contributed by atoms with Crippen LogP contribution in [0.15, 0.2) is 24.3 Å². The lowest BCUT2D eigenvalue weighted by molar-refractivity contribution is 0.00602. The van der Waals surface area contributed by atoms with Gasteiger partial charge >= 0.3 is 0 Å². The van der Waals surface area contributed by atoms with Crippen LogP contribution in [0.2, 0.25) is 0 Å². The molecule has 0 bridgehead atoms. The summed E-state index contributed by atoms with van der Waals surface area (Å²) in [5.41, 5.74) is 0.881. The molecule has 1 N–H and O–H groups in total. The summed E-state index contributed by atoms with van der Waals surface area (Å²) in [6.45, 7) is 8.83. The van der Waals surface area contributed by atoms with Crippen LogP contribution < -0.4 is 5.32 Å². The number of halogens is 1. The maximum Gasteiger partial charge on any atom is 0.123 e. The molecule has 0 fully saturated rings. The van der Waals surface area contributed by atoms with Crippen LogP contribution in [-0.2, 0) is 4.74 Å². The fraction of sp³-hybridized carbons (Fsp3) is 0.571. The Morgan fingerprint density at radius 2 is 1.94 bits per heavy atom. The minimum Gasteiger partial charge on any atom is -0.370 e. The quantitative estimate of drug-likeness (QED) is 0.822. The van der Waals surface area contributed by atoms with Crippen LogP contribution in [0, 0.1) is 5.82 Å². The van der Waals surface area contributed by atoms with Crippen LogP contribution >= 0.6 is 0 Å². The van der Waals surface area contributed by atoms with Crippen molar-refractivity contribution in [2.24, 2.45) is 0 Å². The maximum absolute atomic E-state index is 13.2. The number of hydrogen-bond donors (Lipinski definition) is 1. The molecule has 0 saturated carbocycles. The lowest BCUT2D eigenvalue weighted by atomic mass is 10.1. The summed E-state index contributed by atoms with van der Waals surface area (Å²) < 4.78 is 19.0. The fourth-order valence-electron chi connectivity index (χ4n) is 1.62. The van der Waals surface area contributed by atoms with E-state index in [9.17, 15) is 4.39 Å². The molecule has 1 rings (SSSR count). The average Bonchev–Trinajstić information content (AvgIpc) is 2.23. The molecular weight excluding hydrogens is 217 g/mol. The summed E-state index contributed by atoms with van der Waals surface area (Å²) in [7, 11) is 0. The molecule has 3 heteroatoms. The second-order valence-corrected chi connectivity index (χ2v) is 4.79. The van der Waals surface area contributed by atoms with E-state index in [2.05, 4.69) is 19.2 Å².